The summed E-state index contributed by atoms with van der Waals surface area (Å²) in [6.45, 7) is 3.99. The molecule has 38 heavy (non-hydrogen) atoms. The van der Waals surface area contributed by atoms with Gasteiger partial charge < -0.3 is 20.3 Å². The molecule has 3 amide bonds. The number of nitrogens with one attached hydrogen (secondary N) is 3. The number of H-pyrrole nitrogens is 1. The lowest BCUT2D eigenvalue weighted by Gasteiger charge is -2.20. The lowest BCUT2D eigenvalue weighted by atomic mass is 9.94. The first-order chi connectivity index (χ1) is 18.2. The lowest BCUT2D eigenvalue weighted by Crippen LogP contribution is -2.36. The zero-order chi connectivity index (χ0) is 27.0. The molecule has 2 aliphatic carbocycles. The third kappa shape index (κ3) is 5.21. The van der Waals surface area contributed by atoms with E-state index in [-0.39, 0.29) is 46.4 Å². The summed E-state index contributed by atoms with van der Waals surface area (Å²) in [6, 6.07) is 6.59. The number of alkyl carbamates (subject to hydrolysis) is 1. The van der Waals surface area contributed by atoms with Gasteiger partial charge in [-0.1, -0.05) is 6.07 Å². The Labute approximate surface area is 219 Å². The molecule has 1 saturated heterocycles. The van der Waals surface area contributed by atoms with Crippen LogP contribution in [-0.4, -0.2) is 46.3 Å². The zero-order valence-corrected chi connectivity index (χ0v) is 21.5. The quantitative estimate of drug-likeness (QED) is 0.498. The highest BCUT2D eigenvalue weighted by Crippen LogP contribution is 2.38. The molecule has 1 aromatic carbocycles. The van der Waals surface area contributed by atoms with Crippen LogP contribution in [0.2, 0.25) is 0 Å². The van der Waals surface area contributed by atoms with E-state index in [1.54, 1.807) is 13.0 Å². The summed E-state index contributed by atoms with van der Waals surface area (Å²) < 4.78 is 20.8. The number of amides is 3. The van der Waals surface area contributed by atoms with E-state index in [1.807, 2.05) is 13.0 Å². The molecule has 10 nitrogen and oxygen atoms in total. The Balaban J connectivity index is 1.20. The van der Waals surface area contributed by atoms with Gasteiger partial charge in [0.15, 0.2) is 11.6 Å². The predicted molar refractivity (Wildman–Crippen MR) is 136 cm³/mol. The number of nitrogens with zero attached hydrogens (tertiary/aromatic N) is 3. The van der Waals surface area contributed by atoms with E-state index in [9.17, 15) is 19.6 Å². The van der Waals surface area contributed by atoms with Crippen LogP contribution < -0.4 is 15.5 Å². The molecule has 1 unspecified atom stereocenters. The molecule has 1 aromatic heterocycles. The number of hydrogen-bond donors (Lipinski definition) is 3. The van der Waals surface area contributed by atoms with Crippen molar-refractivity contribution >= 4 is 29.4 Å². The van der Waals surface area contributed by atoms with Gasteiger partial charge in [0, 0.05) is 36.2 Å². The lowest BCUT2D eigenvalue weighted by molar-refractivity contribution is -0.118. The molecule has 2 aromatic rings. The standard InChI is InChI=1S/C27H31FN6O4/c1-15(18-7-8-21(24(28)19(18)14-29)34-11-3-4-23(34)35)25(36)30-22-13-20(32-33-22)16-5-6-17(12-16)38-26(37)31-27(2)9-10-27/h7-8,13,15-17H,3-6,9-12H2,1-2H3,(H,31,37)(H2,30,32,33,36)/t15?,16-,17-/m0/s1. The normalized spacial score (nSPS) is 22.6. The van der Waals surface area contributed by atoms with Gasteiger partial charge in [0.25, 0.3) is 0 Å². The Morgan fingerprint density at radius 2 is 2.13 bits per heavy atom. The maximum Gasteiger partial charge on any atom is 0.407 e. The monoisotopic (exact) mass is 522 g/mol. The minimum Gasteiger partial charge on any atom is -0.446 e. The van der Waals surface area contributed by atoms with E-state index >= 15 is 4.39 Å². The van der Waals surface area contributed by atoms with Gasteiger partial charge in [-0.3, -0.25) is 14.7 Å². The van der Waals surface area contributed by atoms with Crippen LogP contribution in [0.5, 0.6) is 0 Å². The SMILES string of the molecule is CC(C(=O)Nc1cc([C@H]2CC[C@H](OC(=O)NC3(C)CC3)C2)[nH]n1)c1ccc(N2CCCC2=O)c(F)c1C#N. The molecular weight excluding hydrogens is 491 g/mol. The fourth-order valence-electron chi connectivity index (χ4n) is 5.22. The highest BCUT2D eigenvalue weighted by atomic mass is 19.1. The van der Waals surface area contributed by atoms with Crippen LogP contribution >= 0.6 is 0 Å². The average molecular weight is 523 g/mol. The number of aromatic amines is 1. The minimum atomic E-state index is -0.835. The fraction of sp³-hybridized carbons (Fsp3) is 0.519. The van der Waals surface area contributed by atoms with Gasteiger partial charge in [-0.25, -0.2) is 9.18 Å². The Hall–Kier alpha value is -3.94. The van der Waals surface area contributed by atoms with E-state index in [1.165, 1.54) is 17.0 Å². The topological polar surface area (TPSA) is 140 Å². The van der Waals surface area contributed by atoms with Crippen LogP contribution in [-0.2, 0) is 14.3 Å². The third-order valence-corrected chi connectivity index (χ3v) is 7.84. The molecule has 11 heteroatoms. The van der Waals surface area contributed by atoms with Gasteiger partial charge in [-0.2, -0.15) is 10.4 Å². The van der Waals surface area contributed by atoms with Crippen molar-refractivity contribution in [1.82, 2.24) is 15.5 Å². The number of aromatic nitrogens is 2. The maximum atomic E-state index is 15.2. The molecular formula is C27H31FN6O4. The van der Waals surface area contributed by atoms with Gasteiger partial charge in [-0.05, 0) is 64.0 Å². The molecule has 0 bridgehead atoms. The Bertz CT molecular complexity index is 1310. The first-order valence-electron chi connectivity index (χ1n) is 13.1. The summed E-state index contributed by atoms with van der Waals surface area (Å²) in [6.07, 6.45) is 4.57. The number of benzene rings is 1. The number of rotatable bonds is 7. The van der Waals surface area contributed by atoms with Crippen LogP contribution in [0.4, 0.5) is 20.7 Å². The van der Waals surface area contributed by atoms with E-state index < -0.39 is 17.6 Å². The van der Waals surface area contributed by atoms with Crippen LogP contribution in [0, 0.1) is 17.1 Å². The fourth-order valence-corrected chi connectivity index (χ4v) is 5.22. The van der Waals surface area contributed by atoms with Gasteiger partial charge >= 0.3 is 6.09 Å². The highest BCUT2D eigenvalue weighted by Gasteiger charge is 2.40. The van der Waals surface area contributed by atoms with Crippen LogP contribution in [0.3, 0.4) is 0 Å². The number of carbonyl (C=O) groups is 3. The number of ether oxygens (including phenoxy) is 1. The number of halogens is 1. The van der Waals surface area contributed by atoms with Crippen molar-refractivity contribution in [3.05, 3.63) is 40.8 Å². The number of hydrogen-bond acceptors (Lipinski definition) is 6. The van der Waals surface area contributed by atoms with Crippen molar-refractivity contribution in [3.8, 4) is 6.07 Å². The summed E-state index contributed by atoms with van der Waals surface area (Å²) >= 11 is 0. The number of nitriles is 1. The molecule has 200 valence electrons. The third-order valence-electron chi connectivity index (χ3n) is 7.84. The van der Waals surface area contributed by atoms with Gasteiger partial charge in [-0.15, -0.1) is 0 Å². The second-order valence-corrected chi connectivity index (χ2v) is 10.8. The molecule has 0 spiro atoms. The van der Waals surface area contributed by atoms with Gasteiger partial charge in [0.05, 0.1) is 17.2 Å². The van der Waals surface area contributed by atoms with Crippen LogP contribution in [0.1, 0.15) is 87.4 Å². The summed E-state index contributed by atoms with van der Waals surface area (Å²) in [7, 11) is 0. The molecule has 3 N–H and O–H groups in total. The van der Waals surface area contributed by atoms with E-state index in [0.29, 0.717) is 31.6 Å². The van der Waals surface area contributed by atoms with Crippen LogP contribution in [0.25, 0.3) is 0 Å². The minimum absolute atomic E-state index is 0.0652. The first-order valence-corrected chi connectivity index (χ1v) is 13.1. The van der Waals surface area contributed by atoms with Crippen molar-refractivity contribution in [2.45, 2.75) is 82.3 Å². The molecule has 0 radical (unpaired) electrons. The second-order valence-electron chi connectivity index (χ2n) is 10.8. The zero-order valence-electron chi connectivity index (χ0n) is 21.5. The Morgan fingerprint density at radius 1 is 1.34 bits per heavy atom. The molecule has 3 aliphatic rings. The van der Waals surface area contributed by atoms with E-state index in [4.69, 9.17) is 4.74 Å². The Kier molecular flexibility index (Phi) is 6.82. The summed E-state index contributed by atoms with van der Waals surface area (Å²) in [5, 5.41) is 22.4. The first kappa shape index (κ1) is 25.7. The highest BCUT2D eigenvalue weighted by molar-refractivity contribution is 5.97. The molecule has 5 rings (SSSR count). The predicted octanol–water partition coefficient (Wildman–Crippen LogP) is 4.20. The maximum absolute atomic E-state index is 15.2. The molecule has 3 atom stereocenters. The summed E-state index contributed by atoms with van der Waals surface area (Å²) in [5.74, 6) is -1.82. The average Bonchev–Trinajstić information content (AvgIpc) is 3.28. The Morgan fingerprint density at radius 3 is 2.82 bits per heavy atom. The van der Waals surface area contributed by atoms with Gasteiger partial charge in [0.1, 0.15) is 12.2 Å². The van der Waals surface area contributed by atoms with Crippen molar-refractivity contribution < 1.29 is 23.5 Å². The van der Waals surface area contributed by atoms with E-state index in [0.717, 1.165) is 31.4 Å². The van der Waals surface area contributed by atoms with Gasteiger partial charge in [0.2, 0.25) is 11.8 Å². The molecule has 1 aliphatic heterocycles. The molecule has 2 saturated carbocycles. The second kappa shape index (κ2) is 10.1. The summed E-state index contributed by atoms with van der Waals surface area (Å²) in [5.41, 5.74) is 0.761. The largest absolute Gasteiger partial charge is 0.446 e. The summed E-state index contributed by atoms with van der Waals surface area (Å²) in [4.78, 5) is 38.5. The van der Waals surface area contributed by atoms with Crippen LogP contribution in [0.15, 0.2) is 18.2 Å². The van der Waals surface area contributed by atoms with Crippen molar-refractivity contribution in [3.63, 3.8) is 0 Å². The van der Waals surface area contributed by atoms with E-state index in [2.05, 4.69) is 20.8 Å². The van der Waals surface area contributed by atoms with Crippen molar-refractivity contribution in [2.24, 2.45) is 0 Å². The van der Waals surface area contributed by atoms with Crippen molar-refractivity contribution in [1.29, 1.82) is 5.26 Å². The smallest absolute Gasteiger partial charge is 0.407 e. The number of carbonyl (C=O) groups excluding carboxylic acids is 3. The molecule has 3 fully saturated rings. The van der Waals surface area contributed by atoms with Crippen molar-refractivity contribution in [2.75, 3.05) is 16.8 Å². The number of anilines is 2. The molecule has 2 heterocycles.